The first-order chi connectivity index (χ1) is 7.97. The van der Waals surface area contributed by atoms with E-state index in [2.05, 4.69) is 26.1 Å². The van der Waals surface area contributed by atoms with Gasteiger partial charge >= 0.3 is 0 Å². The van der Waals surface area contributed by atoms with Crippen LogP contribution in [0, 0.1) is 11.7 Å². The van der Waals surface area contributed by atoms with Gasteiger partial charge in [0.05, 0.1) is 0 Å². The molecule has 94 valence electrons. The summed E-state index contributed by atoms with van der Waals surface area (Å²) in [6.45, 7) is 8.74. The van der Waals surface area contributed by atoms with Gasteiger partial charge in [0, 0.05) is 0 Å². The number of halogens is 1. The number of hydrogen-bond donors (Lipinski definition) is 1. The Kier molecular flexibility index (Phi) is 3.53. The lowest BCUT2D eigenvalue weighted by Crippen LogP contribution is -2.42. The molecule has 1 fully saturated rings. The fraction of sp³-hybridized carbons (Fsp3) is 0.600. The largest absolute Gasteiger partial charge is 0.316 e. The number of benzene rings is 1. The standard InChI is InChI=1S/C15H22FN/c1-15(2,3)14-8-13(16)7-6-12(14)5-4-11-9-17-10-11/h6-8,11,17H,4-5,9-10H2,1-3H3. The lowest BCUT2D eigenvalue weighted by molar-refractivity contribution is 0.327. The molecule has 0 bridgehead atoms. The quantitative estimate of drug-likeness (QED) is 0.848. The predicted molar refractivity (Wildman–Crippen MR) is 69.8 cm³/mol. The van der Waals surface area contributed by atoms with E-state index < -0.39 is 0 Å². The summed E-state index contributed by atoms with van der Waals surface area (Å²) in [6, 6.07) is 5.25. The van der Waals surface area contributed by atoms with Crippen molar-refractivity contribution in [2.75, 3.05) is 13.1 Å². The molecule has 1 saturated heterocycles. The topological polar surface area (TPSA) is 12.0 Å². The molecule has 1 aromatic rings. The van der Waals surface area contributed by atoms with Gasteiger partial charge in [-0.3, -0.25) is 0 Å². The Morgan fingerprint density at radius 3 is 2.53 bits per heavy atom. The SMILES string of the molecule is CC(C)(C)c1cc(F)ccc1CCC1CNC1. The molecule has 1 aliphatic heterocycles. The van der Waals surface area contributed by atoms with Crippen LogP contribution in [0.5, 0.6) is 0 Å². The molecular formula is C15H22FN. The van der Waals surface area contributed by atoms with Gasteiger partial charge in [-0.2, -0.15) is 0 Å². The molecule has 1 aliphatic rings. The first-order valence-electron chi connectivity index (χ1n) is 6.46. The number of rotatable bonds is 3. The molecular weight excluding hydrogens is 213 g/mol. The maximum absolute atomic E-state index is 13.3. The van der Waals surface area contributed by atoms with Crippen LogP contribution in [0.2, 0.25) is 0 Å². The van der Waals surface area contributed by atoms with Crippen LogP contribution < -0.4 is 5.32 Å². The van der Waals surface area contributed by atoms with Crippen LogP contribution in [-0.2, 0) is 11.8 Å². The Labute approximate surface area is 103 Å². The third-order valence-corrected chi connectivity index (χ3v) is 3.57. The molecule has 0 spiro atoms. The van der Waals surface area contributed by atoms with Gasteiger partial charge in [-0.05, 0) is 60.5 Å². The van der Waals surface area contributed by atoms with E-state index in [-0.39, 0.29) is 11.2 Å². The van der Waals surface area contributed by atoms with Gasteiger partial charge in [0.1, 0.15) is 5.82 Å². The van der Waals surface area contributed by atoms with Gasteiger partial charge in [-0.15, -0.1) is 0 Å². The Bertz CT molecular complexity index is 388. The lowest BCUT2D eigenvalue weighted by atomic mass is 9.81. The molecule has 1 nitrogen and oxygen atoms in total. The van der Waals surface area contributed by atoms with Crippen LogP contribution in [0.25, 0.3) is 0 Å². The fourth-order valence-electron chi connectivity index (χ4n) is 2.38. The summed E-state index contributed by atoms with van der Waals surface area (Å²) < 4.78 is 13.3. The van der Waals surface area contributed by atoms with Crippen molar-refractivity contribution in [1.82, 2.24) is 5.32 Å². The smallest absolute Gasteiger partial charge is 0.123 e. The van der Waals surface area contributed by atoms with Crippen molar-refractivity contribution in [1.29, 1.82) is 0 Å². The number of nitrogens with one attached hydrogen (secondary N) is 1. The highest BCUT2D eigenvalue weighted by atomic mass is 19.1. The zero-order chi connectivity index (χ0) is 12.5. The van der Waals surface area contributed by atoms with Gasteiger partial charge in [0.15, 0.2) is 0 Å². The molecule has 0 saturated carbocycles. The first kappa shape index (κ1) is 12.6. The number of hydrogen-bond acceptors (Lipinski definition) is 1. The lowest BCUT2D eigenvalue weighted by Gasteiger charge is -2.28. The molecule has 0 aliphatic carbocycles. The summed E-state index contributed by atoms with van der Waals surface area (Å²) in [6.07, 6.45) is 2.28. The van der Waals surface area contributed by atoms with E-state index >= 15 is 0 Å². The highest BCUT2D eigenvalue weighted by molar-refractivity contribution is 5.33. The molecule has 1 N–H and O–H groups in total. The van der Waals surface area contributed by atoms with Crippen molar-refractivity contribution < 1.29 is 4.39 Å². The Balaban J connectivity index is 2.13. The second-order valence-electron chi connectivity index (χ2n) is 6.11. The third-order valence-electron chi connectivity index (χ3n) is 3.57. The predicted octanol–water partition coefficient (Wildman–Crippen LogP) is 3.28. The molecule has 1 heterocycles. The Hall–Kier alpha value is -0.890. The zero-order valence-electron chi connectivity index (χ0n) is 11.0. The van der Waals surface area contributed by atoms with Crippen molar-refractivity contribution in [3.63, 3.8) is 0 Å². The van der Waals surface area contributed by atoms with E-state index in [1.807, 2.05) is 6.07 Å². The van der Waals surface area contributed by atoms with Crippen molar-refractivity contribution in [3.8, 4) is 0 Å². The normalized spacial score (nSPS) is 16.9. The van der Waals surface area contributed by atoms with Gasteiger partial charge in [0.2, 0.25) is 0 Å². The van der Waals surface area contributed by atoms with Crippen LogP contribution in [0.4, 0.5) is 4.39 Å². The molecule has 1 aromatic carbocycles. The van der Waals surface area contributed by atoms with Crippen LogP contribution in [-0.4, -0.2) is 13.1 Å². The maximum Gasteiger partial charge on any atom is 0.123 e. The number of aryl methyl sites for hydroxylation is 1. The van der Waals surface area contributed by atoms with Gasteiger partial charge in [-0.1, -0.05) is 26.8 Å². The van der Waals surface area contributed by atoms with E-state index in [9.17, 15) is 4.39 Å². The minimum Gasteiger partial charge on any atom is -0.316 e. The third kappa shape index (κ3) is 3.06. The Morgan fingerprint density at radius 2 is 2.00 bits per heavy atom. The summed E-state index contributed by atoms with van der Waals surface area (Å²) in [5.41, 5.74) is 2.49. The summed E-state index contributed by atoms with van der Waals surface area (Å²) >= 11 is 0. The monoisotopic (exact) mass is 235 g/mol. The minimum absolute atomic E-state index is 0.0231. The van der Waals surface area contributed by atoms with E-state index in [0.29, 0.717) is 0 Å². The zero-order valence-corrected chi connectivity index (χ0v) is 11.0. The van der Waals surface area contributed by atoms with Gasteiger partial charge < -0.3 is 5.32 Å². The van der Waals surface area contributed by atoms with Crippen molar-refractivity contribution in [2.45, 2.75) is 39.0 Å². The van der Waals surface area contributed by atoms with Crippen molar-refractivity contribution in [3.05, 3.63) is 35.1 Å². The molecule has 0 atom stereocenters. The van der Waals surface area contributed by atoms with E-state index in [1.165, 1.54) is 12.0 Å². The summed E-state index contributed by atoms with van der Waals surface area (Å²) in [4.78, 5) is 0. The van der Waals surface area contributed by atoms with Gasteiger partial charge in [-0.25, -0.2) is 4.39 Å². The molecule has 0 radical (unpaired) electrons. The highest BCUT2D eigenvalue weighted by Gasteiger charge is 2.21. The molecule has 17 heavy (non-hydrogen) atoms. The van der Waals surface area contributed by atoms with Crippen LogP contribution in [0.15, 0.2) is 18.2 Å². The molecule has 0 unspecified atom stereocenters. The molecule has 2 rings (SSSR count). The second-order valence-corrected chi connectivity index (χ2v) is 6.11. The minimum atomic E-state index is -0.121. The summed E-state index contributed by atoms with van der Waals surface area (Å²) in [5, 5.41) is 3.29. The maximum atomic E-state index is 13.3. The summed E-state index contributed by atoms with van der Waals surface area (Å²) in [5.74, 6) is 0.692. The van der Waals surface area contributed by atoms with Crippen LogP contribution in [0.1, 0.15) is 38.3 Å². The second kappa shape index (κ2) is 4.77. The fourth-order valence-corrected chi connectivity index (χ4v) is 2.38. The highest BCUT2D eigenvalue weighted by Crippen LogP contribution is 2.28. The van der Waals surface area contributed by atoms with Crippen LogP contribution >= 0.6 is 0 Å². The van der Waals surface area contributed by atoms with Crippen LogP contribution in [0.3, 0.4) is 0 Å². The first-order valence-corrected chi connectivity index (χ1v) is 6.46. The van der Waals surface area contributed by atoms with Crippen molar-refractivity contribution >= 4 is 0 Å². The average Bonchev–Trinajstić information content (AvgIpc) is 2.16. The molecule has 0 aromatic heterocycles. The average molecular weight is 235 g/mol. The molecule has 0 amide bonds. The molecule has 2 heteroatoms. The van der Waals surface area contributed by atoms with E-state index in [0.717, 1.165) is 31.0 Å². The van der Waals surface area contributed by atoms with Crippen molar-refractivity contribution in [2.24, 2.45) is 5.92 Å². The summed E-state index contributed by atoms with van der Waals surface area (Å²) in [7, 11) is 0. The van der Waals surface area contributed by atoms with Gasteiger partial charge in [0.25, 0.3) is 0 Å². The Morgan fingerprint density at radius 1 is 1.29 bits per heavy atom. The van der Waals surface area contributed by atoms with E-state index in [1.54, 1.807) is 12.1 Å². The van der Waals surface area contributed by atoms with E-state index in [4.69, 9.17) is 0 Å².